The van der Waals surface area contributed by atoms with E-state index in [9.17, 15) is 24.3 Å². The number of hydrogen-bond acceptors (Lipinski definition) is 14. The number of piperazine rings is 1. The van der Waals surface area contributed by atoms with Gasteiger partial charge in [-0.3, -0.25) is 19.3 Å². The van der Waals surface area contributed by atoms with Crippen molar-refractivity contribution in [3.05, 3.63) is 112 Å². The molecule has 3 aliphatic rings. The number of aromatic carboxylic acids is 1. The Kier molecular flexibility index (Phi) is 13.5. The van der Waals surface area contributed by atoms with Crippen molar-refractivity contribution in [2.24, 2.45) is 0 Å². The first-order valence-corrected chi connectivity index (χ1v) is 23.8. The number of rotatable bonds is 3. The lowest BCUT2D eigenvalue weighted by Crippen LogP contribution is -2.49. The number of nitrogens with one attached hydrogen (secondary N) is 4. The second-order valence-electron chi connectivity index (χ2n) is 16.4. The van der Waals surface area contributed by atoms with Crippen LogP contribution in [0.4, 0.5) is 22.9 Å². The highest BCUT2D eigenvalue weighted by molar-refractivity contribution is 7.13. The minimum atomic E-state index is -1.11. The third-order valence-corrected chi connectivity index (χ3v) is 13.6. The number of fused-ring (bicyclic) bond motifs is 12. The molecule has 8 bridgehead atoms. The van der Waals surface area contributed by atoms with Crippen LogP contribution in [0.15, 0.2) is 83.7 Å². The molecule has 66 heavy (non-hydrogen) atoms. The zero-order valence-corrected chi connectivity index (χ0v) is 37.9. The fourth-order valence-corrected chi connectivity index (χ4v) is 9.74. The summed E-state index contributed by atoms with van der Waals surface area (Å²) in [6.07, 6.45) is 6.86. The van der Waals surface area contributed by atoms with Crippen molar-refractivity contribution in [3.8, 4) is 32.6 Å². The second-order valence-corrected chi connectivity index (χ2v) is 18.1. The van der Waals surface area contributed by atoms with E-state index < -0.39 is 17.8 Å². The van der Waals surface area contributed by atoms with Crippen LogP contribution in [0.25, 0.3) is 21.1 Å². The summed E-state index contributed by atoms with van der Waals surface area (Å²) in [6, 6.07) is 19.4. The summed E-state index contributed by atoms with van der Waals surface area (Å²) in [6.45, 7) is 3.83. The van der Waals surface area contributed by atoms with Gasteiger partial charge in [-0.15, -0.1) is 22.7 Å². The van der Waals surface area contributed by atoms with Gasteiger partial charge in [0.15, 0.2) is 0 Å². The maximum Gasteiger partial charge on any atom is 0.335 e. The summed E-state index contributed by atoms with van der Waals surface area (Å²) in [7, 11) is 2.06. The molecule has 1 atom stereocenters. The van der Waals surface area contributed by atoms with Crippen molar-refractivity contribution in [1.29, 1.82) is 0 Å². The molecular formula is C48H49N9O7S2. The minimum Gasteiger partial charge on any atom is -0.491 e. The molecule has 1 fully saturated rings. The lowest BCUT2D eigenvalue weighted by molar-refractivity contribution is 0.0546. The first-order chi connectivity index (χ1) is 32.2. The number of anilines is 4. The Hall–Kier alpha value is -6.89. The number of carbonyl (C=O) groups excluding carboxylic acids is 3. The summed E-state index contributed by atoms with van der Waals surface area (Å²) in [4.78, 5) is 71.2. The third kappa shape index (κ3) is 10.1. The molecule has 18 heteroatoms. The van der Waals surface area contributed by atoms with Crippen LogP contribution >= 0.6 is 22.7 Å². The number of benzene rings is 3. The standard InChI is InChI=1S/C48H49N9O7S2/c1-56-18-19-57(47(60)31-9-12-40-35(23-31)52-43(58)38-28-66-46(55-38)30-14-17-51-42(25-30)50-16-5-3-7-21-63-40)26-39(56)33-11-8-29-22-34(33)49-15-4-2-6-20-64-41-13-10-32(48(61)62)24-36(41)53-44(59)37-27-65-45(29)54-37/h8-14,17,22-25,27-28,39,49H,2-7,15-16,18-21,26H2,1H3,(H,50,51)(H,52,58)(H,53,59)(H,61,62). The highest BCUT2D eigenvalue weighted by Gasteiger charge is 2.31. The molecule has 3 amide bonds. The minimum absolute atomic E-state index is 0.0313. The fraction of sp³-hybridized carbons (Fsp3) is 0.312. The average molecular weight is 928 g/mol. The van der Waals surface area contributed by atoms with E-state index >= 15 is 0 Å². The van der Waals surface area contributed by atoms with E-state index in [1.807, 2.05) is 23.1 Å². The van der Waals surface area contributed by atoms with Crippen LogP contribution in [0.3, 0.4) is 0 Å². The van der Waals surface area contributed by atoms with Gasteiger partial charge in [0.25, 0.3) is 17.7 Å². The van der Waals surface area contributed by atoms with Crippen LogP contribution in [0.1, 0.15) is 91.8 Å². The molecule has 3 aromatic carbocycles. The molecule has 0 saturated carbocycles. The van der Waals surface area contributed by atoms with Crippen LogP contribution in [0.5, 0.6) is 11.5 Å². The number of likely N-dealkylation sites (N-methyl/N-ethyl adjacent to an activating group) is 1. The molecule has 5 N–H and O–H groups in total. The van der Waals surface area contributed by atoms with E-state index in [0.29, 0.717) is 72.2 Å². The van der Waals surface area contributed by atoms with Gasteiger partial charge in [-0.05, 0) is 106 Å². The van der Waals surface area contributed by atoms with Crippen molar-refractivity contribution in [2.45, 2.75) is 44.6 Å². The molecule has 0 aliphatic carbocycles. The van der Waals surface area contributed by atoms with Crippen LogP contribution in [-0.4, -0.2) is 107 Å². The number of hydrogen-bond donors (Lipinski definition) is 5. The predicted molar refractivity (Wildman–Crippen MR) is 256 cm³/mol. The highest BCUT2D eigenvalue weighted by atomic mass is 32.1. The van der Waals surface area contributed by atoms with Crippen molar-refractivity contribution >= 4 is 69.2 Å². The van der Waals surface area contributed by atoms with Gasteiger partial charge >= 0.3 is 5.97 Å². The summed E-state index contributed by atoms with van der Waals surface area (Å²) in [5.74, 6) is -0.529. The van der Waals surface area contributed by atoms with Crippen LogP contribution in [0.2, 0.25) is 0 Å². The van der Waals surface area contributed by atoms with E-state index in [-0.39, 0.29) is 34.6 Å². The average Bonchev–Trinajstić information content (AvgIpc) is 4.03. The third-order valence-electron chi connectivity index (χ3n) is 11.8. The zero-order valence-electron chi connectivity index (χ0n) is 36.3. The van der Waals surface area contributed by atoms with E-state index in [1.54, 1.807) is 41.2 Å². The highest BCUT2D eigenvalue weighted by Crippen LogP contribution is 2.37. The molecule has 0 spiro atoms. The Morgan fingerprint density at radius 1 is 0.697 bits per heavy atom. The molecule has 3 aromatic heterocycles. The lowest BCUT2D eigenvalue weighted by Gasteiger charge is -2.40. The van der Waals surface area contributed by atoms with Crippen LogP contribution < -0.4 is 30.7 Å². The van der Waals surface area contributed by atoms with Crippen molar-refractivity contribution in [1.82, 2.24) is 24.8 Å². The lowest BCUT2D eigenvalue weighted by atomic mass is 9.98. The monoisotopic (exact) mass is 927 g/mol. The zero-order chi connectivity index (χ0) is 45.6. The molecular weight excluding hydrogens is 879 g/mol. The SMILES string of the molecule is CN1CCN(C(=O)c2ccc3c(c2)NC(=O)c2csc(n2)-c2ccnc(c2)NCCCCCO3)CC1c1ccc2cc1NCCCCCOc1ccc(C(=O)O)cc1NC(=O)c1csc-2n1. The number of ether oxygens (including phenoxy) is 2. The first-order valence-electron chi connectivity index (χ1n) is 22.1. The second kappa shape index (κ2) is 20.1. The molecule has 340 valence electrons. The van der Waals surface area contributed by atoms with Crippen LogP contribution in [-0.2, 0) is 0 Å². The number of aromatic nitrogens is 3. The maximum absolute atomic E-state index is 14.5. The smallest absolute Gasteiger partial charge is 0.335 e. The Morgan fingerprint density at radius 3 is 1.98 bits per heavy atom. The van der Waals surface area contributed by atoms with E-state index in [4.69, 9.17) is 9.47 Å². The number of carboxylic acid groups (broad SMARTS) is 1. The summed E-state index contributed by atoms with van der Waals surface area (Å²) < 4.78 is 12.2. The first kappa shape index (κ1) is 44.3. The van der Waals surface area contributed by atoms with E-state index in [0.717, 1.165) is 73.3 Å². The van der Waals surface area contributed by atoms with Gasteiger partial charge in [-0.1, -0.05) is 12.1 Å². The molecule has 9 rings (SSSR count). The molecule has 16 nitrogen and oxygen atoms in total. The van der Waals surface area contributed by atoms with Gasteiger partial charge in [-0.25, -0.2) is 19.7 Å². The number of nitrogens with zero attached hydrogens (tertiary/aromatic N) is 5. The number of carbonyl (C=O) groups is 4. The Bertz CT molecular complexity index is 2780. The van der Waals surface area contributed by atoms with Crippen LogP contribution in [0, 0.1) is 0 Å². The molecule has 6 heterocycles. The quantitative estimate of drug-likeness (QED) is 0.113. The fourth-order valence-electron chi connectivity index (χ4n) is 8.15. The Balaban J connectivity index is 0.951. The Morgan fingerprint density at radius 2 is 1.32 bits per heavy atom. The summed E-state index contributed by atoms with van der Waals surface area (Å²) in [5, 5.41) is 27.2. The van der Waals surface area contributed by atoms with Gasteiger partial charge in [0, 0.05) is 72.1 Å². The van der Waals surface area contributed by atoms with E-state index in [2.05, 4.69) is 60.3 Å². The van der Waals surface area contributed by atoms with Gasteiger partial charge < -0.3 is 40.7 Å². The van der Waals surface area contributed by atoms with Crippen molar-refractivity contribution in [3.63, 3.8) is 0 Å². The summed E-state index contributed by atoms with van der Waals surface area (Å²) in [5.41, 5.74) is 5.20. The molecule has 6 aromatic rings. The van der Waals surface area contributed by atoms with Gasteiger partial charge in [0.2, 0.25) is 0 Å². The Labute approximate surface area is 389 Å². The van der Waals surface area contributed by atoms with Gasteiger partial charge in [0.1, 0.15) is 38.7 Å². The number of amides is 3. The topological polar surface area (TPSA) is 200 Å². The predicted octanol–water partition coefficient (Wildman–Crippen LogP) is 8.61. The molecule has 3 aliphatic heterocycles. The maximum atomic E-state index is 14.5. The van der Waals surface area contributed by atoms with Gasteiger partial charge in [-0.2, -0.15) is 0 Å². The largest absolute Gasteiger partial charge is 0.491 e. The number of pyridine rings is 1. The van der Waals surface area contributed by atoms with Crippen molar-refractivity contribution < 1.29 is 33.8 Å². The summed E-state index contributed by atoms with van der Waals surface area (Å²) >= 11 is 2.71. The molecule has 1 unspecified atom stereocenters. The number of carboxylic acids is 1. The molecule has 0 radical (unpaired) electrons. The number of thiazole rings is 2. The van der Waals surface area contributed by atoms with Gasteiger partial charge in [0.05, 0.1) is 36.2 Å². The normalized spacial score (nSPS) is 17.4. The van der Waals surface area contributed by atoms with Crippen molar-refractivity contribution in [2.75, 3.05) is 74.3 Å². The molecule has 1 saturated heterocycles. The van der Waals surface area contributed by atoms with E-state index in [1.165, 1.54) is 34.8 Å².